The minimum absolute atomic E-state index is 0.521. The van der Waals surface area contributed by atoms with Crippen LogP contribution in [-0.4, -0.2) is 13.7 Å². The molecule has 0 saturated carbocycles. The third-order valence-corrected chi connectivity index (χ3v) is 3.21. The second-order valence-electron chi connectivity index (χ2n) is 3.99. The summed E-state index contributed by atoms with van der Waals surface area (Å²) in [7, 11) is 1.86. The lowest BCUT2D eigenvalue weighted by atomic mass is 10.1. The van der Waals surface area contributed by atoms with E-state index in [1.54, 1.807) is 12.1 Å². The van der Waals surface area contributed by atoms with Gasteiger partial charge in [0.2, 0.25) is 0 Å². The first kappa shape index (κ1) is 14.3. The number of hydrogen-bond acceptors (Lipinski definition) is 3. The number of benzene rings is 1. The van der Waals surface area contributed by atoms with Crippen LogP contribution < -0.4 is 10.1 Å². The summed E-state index contributed by atoms with van der Waals surface area (Å²) in [5, 5.41) is 4.10. The molecule has 0 radical (unpaired) electrons. The topological polar surface area (TPSA) is 34.4 Å². The number of nitrogens with one attached hydrogen (secondary N) is 1. The van der Waals surface area contributed by atoms with Crippen molar-refractivity contribution in [3.8, 4) is 17.1 Å². The maximum Gasteiger partial charge on any atom is 0.139 e. The highest BCUT2D eigenvalue weighted by Gasteiger charge is 2.13. The number of halogens is 2. The van der Waals surface area contributed by atoms with Crippen LogP contribution in [0.4, 0.5) is 0 Å². The van der Waals surface area contributed by atoms with Crippen LogP contribution in [0.5, 0.6) is 5.75 Å². The molecule has 2 rings (SSSR count). The van der Waals surface area contributed by atoms with E-state index in [0.29, 0.717) is 34.7 Å². The van der Waals surface area contributed by atoms with Crippen molar-refractivity contribution in [2.45, 2.75) is 13.5 Å². The Morgan fingerprint density at radius 2 is 2.00 bits per heavy atom. The van der Waals surface area contributed by atoms with Crippen molar-refractivity contribution in [3.05, 3.63) is 40.1 Å². The Morgan fingerprint density at radius 3 is 2.68 bits per heavy atom. The van der Waals surface area contributed by atoms with Gasteiger partial charge >= 0.3 is 0 Å². The average Bonchev–Trinajstić information content (AvgIpc) is 2.82. The van der Waals surface area contributed by atoms with Gasteiger partial charge in [-0.2, -0.15) is 0 Å². The molecule has 102 valence electrons. The first-order valence-electron chi connectivity index (χ1n) is 6.01. The van der Waals surface area contributed by atoms with E-state index >= 15 is 0 Å². The first-order chi connectivity index (χ1) is 9.15. The van der Waals surface area contributed by atoms with Crippen LogP contribution in [0.2, 0.25) is 10.0 Å². The molecule has 19 heavy (non-hydrogen) atoms. The van der Waals surface area contributed by atoms with E-state index in [0.717, 1.165) is 11.3 Å². The van der Waals surface area contributed by atoms with E-state index in [1.807, 2.05) is 26.1 Å². The van der Waals surface area contributed by atoms with Gasteiger partial charge in [-0.3, -0.25) is 0 Å². The van der Waals surface area contributed by atoms with E-state index in [2.05, 4.69) is 5.32 Å². The fourth-order valence-electron chi connectivity index (χ4n) is 1.78. The SMILES string of the molecule is CCOc1cc(Cl)c(-c2ccc(CNC)o2)cc1Cl. The molecular formula is C14H15Cl2NO2. The van der Waals surface area contributed by atoms with Gasteiger partial charge in [0.25, 0.3) is 0 Å². The molecule has 1 aromatic heterocycles. The van der Waals surface area contributed by atoms with E-state index in [1.165, 1.54) is 0 Å². The summed E-state index contributed by atoms with van der Waals surface area (Å²) in [5.74, 6) is 2.12. The molecule has 1 N–H and O–H groups in total. The predicted molar refractivity (Wildman–Crippen MR) is 78.1 cm³/mol. The van der Waals surface area contributed by atoms with Gasteiger partial charge in [0.1, 0.15) is 17.3 Å². The van der Waals surface area contributed by atoms with Crippen LogP contribution in [0, 0.1) is 0 Å². The molecule has 2 aromatic rings. The van der Waals surface area contributed by atoms with Crippen molar-refractivity contribution in [1.82, 2.24) is 5.32 Å². The lowest BCUT2D eigenvalue weighted by Crippen LogP contribution is -2.03. The molecule has 0 bridgehead atoms. The normalized spacial score (nSPS) is 10.7. The number of rotatable bonds is 5. The lowest BCUT2D eigenvalue weighted by molar-refractivity contribution is 0.340. The van der Waals surface area contributed by atoms with Gasteiger partial charge < -0.3 is 14.5 Å². The molecular weight excluding hydrogens is 285 g/mol. The average molecular weight is 300 g/mol. The molecule has 1 aromatic carbocycles. The molecule has 0 aliphatic rings. The van der Waals surface area contributed by atoms with E-state index in [-0.39, 0.29) is 0 Å². The molecule has 5 heteroatoms. The van der Waals surface area contributed by atoms with Crippen molar-refractivity contribution in [1.29, 1.82) is 0 Å². The van der Waals surface area contributed by atoms with E-state index in [9.17, 15) is 0 Å². The van der Waals surface area contributed by atoms with Gasteiger partial charge in [0, 0.05) is 11.6 Å². The molecule has 0 aliphatic carbocycles. The number of furan rings is 1. The fraction of sp³-hybridized carbons (Fsp3) is 0.286. The molecule has 0 spiro atoms. The Morgan fingerprint density at radius 1 is 1.21 bits per heavy atom. The summed E-state index contributed by atoms with van der Waals surface area (Å²) < 4.78 is 11.1. The Bertz CT molecular complexity index is 567. The molecule has 0 atom stereocenters. The lowest BCUT2D eigenvalue weighted by Gasteiger charge is -2.08. The molecule has 0 fully saturated rings. The van der Waals surface area contributed by atoms with Gasteiger partial charge in [0.05, 0.1) is 23.2 Å². The van der Waals surface area contributed by atoms with Crippen molar-refractivity contribution in [3.63, 3.8) is 0 Å². The first-order valence-corrected chi connectivity index (χ1v) is 6.76. The highest BCUT2D eigenvalue weighted by Crippen LogP contribution is 2.37. The number of hydrogen-bond donors (Lipinski definition) is 1. The number of ether oxygens (including phenoxy) is 1. The highest BCUT2D eigenvalue weighted by molar-refractivity contribution is 6.36. The second kappa shape index (κ2) is 6.33. The Balaban J connectivity index is 2.36. The maximum absolute atomic E-state index is 6.24. The zero-order valence-electron chi connectivity index (χ0n) is 10.8. The van der Waals surface area contributed by atoms with Crippen molar-refractivity contribution < 1.29 is 9.15 Å². The third kappa shape index (κ3) is 3.24. The standard InChI is InChI=1S/C14H15Cl2NO2/c1-3-18-14-7-11(15)10(6-12(14)16)13-5-4-9(19-13)8-17-2/h4-7,17H,3,8H2,1-2H3. The van der Waals surface area contributed by atoms with E-state index in [4.69, 9.17) is 32.4 Å². The third-order valence-electron chi connectivity index (χ3n) is 2.60. The van der Waals surface area contributed by atoms with Crippen molar-refractivity contribution in [2.24, 2.45) is 0 Å². The van der Waals surface area contributed by atoms with Gasteiger partial charge in [-0.15, -0.1) is 0 Å². The van der Waals surface area contributed by atoms with Crippen LogP contribution in [0.1, 0.15) is 12.7 Å². The molecule has 1 heterocycles. The predicted octanol–water partition coefficient (Wildman–Crippen LogP) is 4.37. The van der Waals surface area contributed by atoms with Crippen LogP contribution in [-0.2, 0) is 6.54 Å². The fourth-order valence-corrected chi connectivity index (χ4v) is 2.24. The van der Waals surface area contributed by atoms with Gasteiger partial charge in [-0.05, 0) is 32.2 Å². The van der Waals surface area contributed by atoms with Crippen molar-refractivity contribution >= 4 is 23.2 Å². The zero-order valence-corrected chi connectivity index (χ0v) is 12.3. The molecule has 0 aliphatic heterocycles. The van der Waals surface area contributed by atoms with Crippen LogP contribution in [0.3, 0.4) is 0 Å². The maximum atomic E-state index is 6.24. The Hall–Kier alpha value is -1.16. The summed E-state index contributed by atoms with van der Waals surface area (Å²) in [5.41, 5.74) is 0.762. The quantitative estimate of drug-likeness (QED) is 0.890. The molecule has 0 amide bonds. The smallest absolute Gasteiger partial charge is 0.139 e. The molecule has 0 unspecified atom stereocenters. The van der Waals surface area contributed by atoms with Gasteiger partial charge in [-0.1, -0.05) is 23.2 Å². The van der Waals surface area contributed by atoms with Crippen LogP contribution in [0.25, 0.3) is 11.3 Å². The van der Waals surface area contributed by atoms with Gasteiger partial charge in [0.15, 0.2) is 0 Å². The summed E-state index contributed by atoms with van der Waals surface area (Å²) in [6.45, 7) is 3.11. The van der Waals surface area contributed by atoms with Crippen LogP contribution >= 0.6 is 23.2 Å². The Kier molecular flexibility index (Phi) is 4.75. The summed E-state index contributed by atoms with van der Waals surface area (Å²) in [6, 6.07) is 7.26. The Labute approximate surface area is 122 Å². The summed E-state index contributed by atoms with van der Waals surface area (Å²) >= 11 is 12.4. The van der Waals surface area contributed by atoms with Crippen LogP contribution in [0.15, 0.2) is 28.7 Å². The van der Waals surface area contributed by atoms with Crippen molar-refractivity contribution in [2.75, 3.05) is 13.7 Å². The largest absolute Gasteiger partial charge is 0.492 e. The molecule has 0 saturated heterocycles. The summed E-state index contributed by atoms with van der Waals surface area (Å²) in [6.07, 6.45) is 0. The minimum Gasteiger partial charge on any atom is -0.492 e. The second-order valence-corrected chi connectivity index (χ2v) is 4.81. The monoisotopic (exact) mass is 299 g/mol. The summed E-state index contributed by atoms with van der Waals surface area (Å²) in [4.78, 5) is 0. The zero-order chi connectivity index (χ0) is 13.8. The minimum atomic E-state index is 0.521. The molecule has 3 nitrogen and oxygen atoms in total. The van der Waals surface area contributed by atoms with Gasteiger partial charge in [-0.25, -0.2) is 0 Å². The van der Waals surface area contributed by atoms with E-state index < -0.39 is 0 Å². The highest BCUT2D eigenvalue weighted by atomic mass is 35.5.